The molecule has 0 aromatic heterocycles. The number of nitrogens with one attached hydrogen (secondary N) is 1. The van der Waals surface area contributed by atoms with Gasteiger partial charge in [-0.15, -0.1) is 0 Å². The Bertz CT molecular complexity index is 1350. The van der Waals surface area contributed by atoms with Crippen LogP contribution in [0.4, 0.5) is 42.5 Å². The van der Waals surface area contributed by atoms with Gasteiger partial charge in [-0.05, 0) is 56.7 Å². The number of hydrogen-bond acceptors (Lipinski definition) is 6. The van der Waals surface area contributed by atoms with Gasteiger partial charge in [0.05, 0.1) is 28.8 Å². The Balaban J connectivity index is 2.00. The number of fused-ring (bicyclic) bond motifs is 1. The number of sulfonamides is 1. The number of halogens is 6. The van der Waals surface area contributed by atoms with E-state index in [-0.39, 0.29) is 36.5 Å². The van der Waals surface area contributed by atoms with Crippen LogP contribution in [0.2, 0.25) is 0 Å². The number of carbonyl (C=O) groups is 1. The Hall–Kier alpha value is -3.67. The van der Waals surface area contributed by atoms with E-state index < -0.39 is 50.6 Å². The molecule has 1 unspecified atom stereocenters. The summed E-state index contributed by atoms with van der Waals surface area (Å²) in [5, 5.41) is 11.0. The molecule has 38 heavy (non-hydrogen) atoms. The van der Waals surface area contributed by atoms with Crippen molar-refractivity contribution in [2.45, 2.75) is 55.6 Å². The van der Waals surface area contributed by atoms with Crippen molar-refractivity contribution in [3.8, 4) is 11.8 Å². The molecule has 1 heterocycles. The van der Waals surface area contributed by atoms with Gasteiger partial charge in [0.25, 0.3) is 10.0 Å². The van der Waals surface area contributed by atoms with Gasteiger partial charge in [0.2, 0.25) is 5.60 Å². The topological polar surface area (TPSA) is 109 Å². The van der Waals surface area contributed by atoms with Gasteiger partial charge in [0.1, 0.15) is 11.9 Å². The predicted octanol–water partition coefficient (Wildman–Crippen LogP) is 5.85. The fraction of sp³-hybridized carbons (Fsp3) is 0.391. The van der Waals surface area contributed by atoms with Crippen molar-refractivity contribution in [2.24, 2.45) is 0 Å². The van der Waals surface area contributed by atoms with Gasteiger partial charge in [-0.1, -0.05) is 6.07 Å². The number of ether oxygens (including phenoxy) is 2. The first-order valence-electron chi connectivity index (χ1n) is 10.9. The highest BCUT2D eigenvalue weighted by Gasteiger charge is 2.51. The molecule has 1 N–H and O–H groups in total. The van der Waals surface area contributed by atoms with Crippen LogP contribution >= 0.6 is 0 Å². The molecule has 0 radical (unpaired) electrons. The molecule has 1 amide bonds. The SMILES string of the molecule is CC(C)(OC(=O)Nc1ccc2c(c1)N(S(=O)(=O)c1cccc(C(F)(F)F)c1)CC(CCC#N)O2)C(F)(F)F. The van der Waals surface area contributed by atoms with Gasteiger partial charge < -0.3 is 9.47 Å². The smallest absolute Gasteiger partial charge is 0.427 e. The van der Waals surface area contributed by atoms with Crippen LogP contribution in [-0.2, 0) is 20.9 Å². The first-order valence-corrected chi connectivity index (χ1v) is 12.3. The van der Waals surface area contributed by atoms with Crippen molar-refractivity contribution in [1.82, 2.24) is 0 Å². The number of amides is 1. The maximum atomic E-state index is 13.5. The molecule has 2 aromatic carbocycles. The van der Waals surface area contributed by atoms with Crippen LogP contribution in [0.25, 0.3) is 0 Å². The molecule has 0 aliphatic carbocycles. The third-order valence-corrected chi connectivity index (χ3v) is 7.27. The third-order valence-electron chi connectivity index (χ3n) is 5.50. The Labute approximate surface area is 213 Å². The number of rotatable bonds is 6. The van der Waals surface area contributed by atoms with Crippen molar-refractivity contribution in [2.75, 3.05) is 16.2 Å². The lowest BCUT2D eigenvalue weighted by Crippen LogP contribution is -2.44. The zero-order valence-electron chi connectivity index (χ0n) is 19.9. The molecule has 1 atom stereocenters. The van der Waals surface area contributed by atoms with Gasteiger partial charge in [-0.3, -0.25) is 9.62 Å². The summed E-state index contributed by atoms with van der Waals surface area (Å²) in [6, 6.07) is 8.48. The average Bonchev–Trinajstić information content (AvgIpc) is 2.80. The second kappa shape index (κ2) is 10.2. The minimum Gasteiger partial charge on any atom is -0.486 e. The largest absolute Gasteiger partial charge is 0.486 e. The summed E-state index contributed by atoms with van der Waals surface area (Å²) >= 11 is 0. The summed E-state index contributed by atoms with van der Waals surface area (Å²) < 4.78 is 117. The zero-order valence-corrected chi connectivity index (χ0v) is 20.7. The van der Waals surface area contributed by atoms with Crippen molar-refractivity contribution >= 4 is 27.5 Å². The fourth-order valence-electron chi connectivity index (χ4n) is 3.39. The molecular formula is C23H21F6N3O5S. The third kappa shape index (κ3) is 6.24. The molecule has 0 spiro atoms. The van der Waals surface area contributed by atoms with E-state index in [4.69, 9.17) is 10.00 Å². The lowest BCUT2D eigenvalue weighted by molar-refractivity contribution is -0.242. The number of nitrogens with zero attached hydrogens (tertiary/aromatic N) is 2. The van der Waals surface area contributed by atoms with E-state index in [9.17, 15) is 39.6 Å². The number of hydrogen-bond donors (Lipinski definition) is 1. The van der Waals surface area contributed by atoms with Gasteiger partial charge in [0, 0.05) is 12.1 Å². The van der Waals surface area contributed by atoms with E-state index in [2.05, 4.69) is 10.1 Å². The molecule has 8 nitrogen and oxygen atoms in total. The summed E-state index contributed by atoms with van der Waals surface area (Å²) in [7, 11) is -4.63. The highest BCUT2D eigenvalue weighted by molar-refractivity contribution is 7.92. The van der Waals surface area contributed by atoms with Gasteiger partial charge >= 0.3 is 18.4 Å². The van der Waals surface area contributed by atoms with Crippen LogP contribution in [0.3, 0.4) is 0 Å². The first-order chi connectivity index (χ1) is 17.5. The Morgan fingerprint density at radius 2 is 1.84 bits per heavy atom. The monoisotopic (exact) mass is 565 g/mol. The maximum Gasteiger partial charge on any atom is 0.427 e. The zero-order chi connectivity index (χ0) is 28.5. The second-order valence-electron chi connectivity index (χ2n) is 8.70. The molecule has 1 aliphatic heterocycles. The van der Waals surface area contributed by atoms with E-state index in [1.165, 1.54) is 12.1 Å². The van der Waals surface area contributed by atoms with E-state index in [1.54, 1.807) is 0 Å². The van der Waals surface area contributed by atoms with Crippen molar-refractivity contribution in [3.63, 3.8) is 0 Å². The molecule has 2 aromatic rings. The summed E-state index contributed by atoms with van der Waals surface area (Å²) in [6.07, 6.45) is -11.9. The van der Waals surface area contributed by atoms with Crippen LogP contribution in [-0.4, -0.2) is 38.9 Å². The molecule has 0 fully saturated rings. The number of alkyl halides is 6. The number of carbonyl (C=O) groups excluding carboxylic acids is 1. The molecule has 0 saturated heterocycles. The normalized spacial score (nSPS) is 16.2. The average molecular weight is 565 g/mol. The highest BCUT2D eigenvalue weighted by atomic mass is 32.2. The van der Waals surface area contributed by atoms with Crippen molar-refractivity contribution in [1.29, 1.82) is 5.26 Å². The number of nitriles is 1. The van der Waals surface area contributed by atoms with Crippen molar-refractivity contribution in [3.05, 3.63) is 48.0 Å². The molecule has 206 valence electrons. The molecular weight excluding hydrogens is 544 g/mol. The van der Waals surface area contributed by atoms with Gasteiger partial charge in [0.15, 0.2) is 0 Å². The summed E-state index contributed by atoms with van der Waals surface area (Å²) in [6.45, 7) is 0.887. The molecule has 0 bridgehead atoms. The van der Waals surface area contributed by atoms with E-state index in [0.717, 1.165) is 22.5 Å². The Morgan fingerprint density at radius 3 is 2.45 bits per heavy atom. The fourth-order valence-corrected chi connectivity index (χ4v) is 4.93. The van der Waals surface area contributed by atoms with Crippen LogP contribution in [0.15, 0.2) is 47.4 Å². The minimum atomic E-state index is -4.87. The standard InChI is InChI=1S/C23H21F6N3O5S/c1-21(2,23(27,28)29)37-20(33)31-15-8-9-19-18(12-15)32(13-16(36-19)6-4-10-30)38(34,35)17-7-3-5-14(11-17)22(24,25)26/h3,5,7-9,11-12,16H,4,6,13H2,1-2H3,(H,31,33). The van der Waals surface area contributed by atoms with Gasteiger partial charge in [-0.25, -0.2) is 13.2 Å². The molecule has 0 saturated carbocycles. The van der Waals surface area contributed by atoms with Crippen LogP contribution in [0.1, 0.15) is 32.3 Å². The van der Waals surface area contributed by atoms with Crippen LogP contribution in [0.5, 0.6) is 5.75 Å². The minimum absolute atomic E-state index is 0.00207. The van der Waals surface area contributed by atoms with E-state index >= 15 is 0 Å². The molecule has 1 aliphatic rings. The van der Waals surface area contributed by atoms with E-state index in [0.29, 0.717) is 26.0 Å². The quantitative estimate of drug-likeness (QED) is 0.440. The first kappa shape index (κ1) is 28.9. The summed E-state index contributed by atoms with van der Waals surface area (Å²) in [5.74, 6) is -0.0377. The number of benzene rings is 2. The lowest BCUT2D eigenvalue weighted by atomic mass is 10.1. The predicted molar refractivity (Wildman–Crippen MR) is 122 cm³/mol. The summed E-state index contributed by atoms with van der Waals surface area (Å²) in [4.78, 5) is 11.4. The Morgan fingerprint density at radius 1 is 1.16 bits per heavy atom. The van der Waals surface area contributed by atoms with E-state index in [1.807, 2.05) is 6.07 Å². The Kier molecular flexibility index (Phi) is 7.79. The van der Waals surface area contributed by atoms with Crippen LogP contribution in [0, 0.1) is 11.3 Å². The maximum absolute atomic E-state index is 13.5. The lowest BCUT2D eigenvalue weighted by Gasteiger charge is -2.35. The second-order valence-corrected chi connectivity index (χ2v) is 10.6. The van der Waals surface area contributed by atoms with Gasteiger partial charge in [-0.2, -0.15) is 31.6 Å². The number of anilines is 2. The molecule has 3 rings (SSSR count). The highest BCUT2D eigenvalue weighted by Crippen LogP contribution is 2.41. The summed E-state index contributed by atoms with van der Waals surface area (Å²) in [5.41, 5.74) is -4.39. The van der Waals surface area contributed by atoms with Crippen molar-refractivity contribution < 1.29 is 49.0 Å². The molecule has 15 heteroatoms. The van der Waals surface area contributed by atoms with Crippen LogP contribution < -0.4 is 14.4 Å².